The van der Waals surface area contributed by atoms with Crippen LogP contribution in [-0.4, -0.2) is 96.3 Å². The Labute approximate surface area is 242 Å². The number of methoxy groups -OCH3 is 1. The maximum absolute atomic E-state index is 12.8. The number of nitrogens with one attached hydrogen (secondary N) is 1. The van der Waals surface area contributed by atoms with Gasteiger partial charge in [-0.2, -0.15) is 9.97 Å². The van der Waals surface area contributed by atoms with E-state index in [9.17, 15) is 9.18 Å². The largest absolute Gasteiger partial charge is 0.467 e. The molecule has 0 bridgehead atoms. The van der Waals surface area contributed by atoms with Crippen molar-refractivity contribution in [2.24, 2.45) is 0 Å². The molecule has 1 amide bonds. The van der Waals surface area contributed by atoms with Gasteiger partial charge in [-0.05, 0) is 70.0 Å². The molecule has 3 aliphatic rings. The van der Waals surface area contributed by atoms with Crippen LogP contribution in [0.5, 0.6) is 6.01 Å². The number of halogens is 1. The van der Waals surface area contributed by atoms with Gasteiger partial charge in [-0.15, -0.1) is 0 Å². The third-order valence-corrected chi connectivity index (χ3v) is 8.54. The molecule has 1 unspecified atom stereocenters. The van der Waals surface area contributed by atoms with E-state index in [0.29, 0.717) is 38.6 Å². The van der Waals surface area contributed by atoms with Crippen LogP contribution in [0, 0.1) is 13.8 Å². The lowest BCUT2D eigenvalue weighted by atomic mass is 9.99. The first kappa shape index (κ1) is 28.9. The van der Waals surface area contributed by atoms with Gasteiger partial charge < -0.3 is 29.3 Å². The summed E-state index contributed by atoms with van der Waals surface area (Å²) in [6.45, 7) is 15.5. The number of fused-ring (bicyclic) bond motifs is 2. The van der Waals surface area contributed by atoms with Crippen LogP contribution >= 0.6 is 0 Å². The quantitative estimate of drug-likeness (QED) is 0.480. The van der Waals surface area contributed by atoms with Crippen molar-refractivity contribution >= 4 is 28.3 Å². The topological polar surface area (TPSA) is 80.8 Å². The number of carbonyl (C=O) groups is 1. The van der Waals surface area contributed by atoms with E-state index in [1.165, 1.54) is 33.8 Å². The van der Waals surface area contributed by atoms with Crippen LogP contribution in [0.3, 0.4) is 0 Å². The highest BCUT2D eigenvalue weighted by molar-refractivity contribution is 5.95. The number of alkyl halides is 1. The number of aromatic amines is 1. The van der Waals surface area contributed by atoms with E-state index in [0.717, 1.165) is 49.6 Å². The molecule has 1 N–H and O–H groups in total. The zero-order valence-corrected chi connectivity index (χ0v) is 25.0. The minimum atomic E-state index is -0.908. The van der Waals surface area contributed by atoms with Gasteiger partial charge >= 0.3 is 6.01 Å². The van der Waals surface area contributed by atoms with Crippen molar-refractivity contribution in [3.8, 4) is 6.01 Å². The van der Waals surface area contributed by atoms with Gasteiger partial charge in [0.15, 0.2) is 0 Å². The molecule has 1 aromatic carbocycles. The highest BCUT2D eigenvalue weighted by atomic mass is 19.1. The molecule has 3 aromatic rings. The number of amides is 1. The molecule has 0 radical (unpaired) electrons. The number of likely N-dealkylation sites (tertiary alicyclic amines) is 1. The number of ether oxygens (including phenoxy) is 1. The van der Waals surface area contributed by atoms with Gasteiger partial charge in [-0.3, -0.25) is 4.79 Å². The van der Waals surface area contributed by atoms with Crippen LogP contribution in [-0.2, 0) is 17.8 Å². The summed E-state index contributed by atoms with van der Waals surface area (Å²) < 4.78 is 18.3. The van der Waals surface area contributed by atoms with Gasteiger partial charge in [0.05, 0.1) is 19.3 Å². The second kappa shape index (κ2) is 11.7. The number of carbonyl (C=O) groups excluding carboxylic acids is 1. The third-order valence-electron chi connectivity index (χ3n) is 8.54. The molecular formula is C31H42FN7O2. The minimum Gasteiger partial charge on any atom is -0.467 e. The summed E-state index contributed by atoms with van der Waals surface area (Å²) in [5, 5.41) is 1.24. The molecule has 10 heteroatoms. The van der Waals surface area contributed by atoms with Crippen LogP contribution in [0.25, 0.3) is 10.9 Å². The molecule has 9 nitrogen and oxygen atoms in total. The first-order chi connectivity index (χ1) is 19.6. The number of H-pyrrole nitrogens is 1. The Morgan fingerprint density at radius 3 is 2.51 bits per heavy atom. The summed E-state index contributed by atoms with van der Waals surface area (Å²) in [5.74, 6) is 0.923. The Morgan fingerprint density at radius 2 is 1.90 bits per heavy atom. The lowest BCUT2D eigenvalue weighted by molar-refractivity contribution is -0.126. The van der Waals surface area contributed by atoms with Gasteiger partial charge in [-0.1, -0.05) is 6.58 Å². The SMILES string of the molecule is C=CC(=O)N1CCN(c2nc(OC)nc3c2CCN(c2c(C)c(C)cc4[nH]ccc24)C3)CC1.CN1CCC(C)(F)C1. The third kappa shape index (κ3) is 6.02. The molecular weight excluding hydrogens is 521 g/mol. The summed E-state index contributed by atoms with van der Waals surface area (Å²) in [6, 6.07) is 4.76. The molecule has 220 valence electrons. The zero-order valence-electron chi connectivity index (χ0n) is 25.0. The molecule has 1 atom stereocenters. The molecule has 0 saturated carbocycles. The van der Waals surface area contributed by atoms with Crippen LogP contribution in [0.1, 0.15) is 35.7 Å². The number of anilines is 2. The van der Waals surface area contributed by atoms with Crippen molar-refractivity contribution in [3.05, 3.63) is 53.4 Å². The highest BCUT2D eigenvalue weighted by Crippen LogP contribution is 2.37. The number of rotatable bonds is 4. The predicted octanol–water partition coefficient (Wildman–Crippen LogP) is 4.03. The van der Waals surface area contributed by atoms with E-state index >= 15 is 0 Å². The molecule has 41 heavy (non-hydrogen) atoms. The van der Waals surface area contributed by atoms with Crippen LogP contribution < -0.4 is 14.5 Å². The standard InChI is InChI=1S/C25H30N6O2.C6H12FN/c1-5-22(32)29-10-12-30(13-11-29)24-19-7-9-31(15-21(19)27-25(28-24)33-4)23-17(3)16(2)14-20-18(23)6-8-26-20;1-6(7)3-4-8(2)5-6/h5-6,8,14,26H,1,7,9-13,15H2,2-4H3;3-5H2,1-2H3. The van der Waals surface area contributed by atoms with E-state index < -0.39 is 5.67 Å². The molecule has 2 aromatic heterocycles. The summed E-state index contributed by atoms with van der Waals surface area (Å²) in [5.41, 5.74) is 6.30. The van der Waals surface area contributed by atoms with E-state index in [1.807, 2.05) is 23.0 Å². The van der Waals surface area contributed by atoms with Crippen LogP contribution in [0.15, 0.2) is 31.0 Å². The van der Waals surface area contributed by atoms with Gasteiger partial charge in [0.1, 0.15) is 11.5 Å². The fourth-order valence-corrected chi connectivity index (χ4v) is 6.17. The molecule has 5 heterocycles. The number of benzene rings is 1. The Hall–Kier alpha value is -3.66. The monoisotopic (exact) mass is 563 g/mol. The highest BCUT2D eigenvalue weighted by Gasteiger charge is 2.31. The molecule has 2 fully saturated rings. The maximum atomic E-state index is 12.8. The fourth-order valence-electron chi connectivity index (χ4n) is 6.17. The van der Waals surface area contributed by atoms with Gasteiger partial charge in [0, 0.05) is 74.2 Å². The van der Waals surface area contributed by atoms with Crippen LogP contribution in [0.2, 0.25) is 0 Å². The van der Waals surface area contributed by atoms with Crippen molar-refractivity contribution in [2.75, 3.05) is 69.8 Å². The van der Waals surface area contributed by atoms with Gasteiger partial charge in [0.2, 0.25) is 5.91 Å². The second-order valence-electron chi connectivity index (χ2n) is 11.7. The summed E-state index contributed by atoms with van der Waals surface area (Å²) in [7, 11) is 3.56. The first-order valence-electron chi connectivity index (χ1n) is 14.4. The van der Waals surface area contributed by atoms with Crippen molar-refractivity contribution < 1.29 is 13.9 Å². The van der Waals surface area contributed by atoms with E-state index in [-0.39, 0.29) is 5.91 Å². The molecule has 2 saturated heterocycles. The molecule has 6 rings (SSSR count). The molecule has 3 aliphatic heterocycles. The zero-order chi connectivity index (χ0) is 29.3. The second-order valence-corrected chi connectivity index (χ2v) is 11.7. The van der Waals surface area contributed by atoms with E-state index in [4.69, 9.17) is 14.7 Å². The van der Waals surface area contributed by atoms with Gasteiger partial charge in [-0.25, -0.2) is 4.39 Å². The smallest absolute Gasteiger partial charge is 0.318 e. The summed E-state index contributed by atoms with van der Waals surface area (Å²) in [6.07, 6.45) is 4.95. The number of aromatic nitrogens is 3. The van der Waals surface area contributed by atoms with E-state index in [1.54, 1.807) is 14.0 Å². The average Bonchev–Trinajstić information content (AvgIpc) is 3.56. The molecule has 0 aliphatic carbocycles. The van der Waals surface area contributed by atoms with Crippen LogP contribution in [0.4, 0.5) is 15.9 Å². The maximum Gasteiger partial charge on any atom is 0.318 e. The predicted molar refractivity (Wildman–Crippen MR) is 162 cm³/mol. The number of aryl methyl sites for hydroxylation is 1. The van der Waals surface area contributed by atoms with Crippen molar-refractivity contribution in [2.45, 2.75) is 45.8 Å². The number of hydrogen-bond acceptors (Lipinski definition) is 7. The molecule has 0 spiro atoms. The normalized spacial score (nSPS) is 21.0. The van der Waals surface area contributed by atoms with Crippen molar-refractivity contribution in [1.82, 2.24) is 24.8 Å². The number of piperazine rings is 1. The fraction of sp³-hybridized carbons (Fsp3) is 0.516. The van der Waals surface area contributed by atoms with Gasteiger partial charge in [0.25, 0.3) is 0 Å². The average molecular weight is 564 g/mol. The Morgan fingerprint density at radius 1 is 1.15 bits per heavy atom. The Balaban J connectivity index is 0.000000365. The number of nitrogens with zero attached hydrogens (tertiary/aromatic N) is 6. The summed E-state index contributed by atoms with van der Waals surface area (Å²) >= 11 is 0. The Kier molecular flexibility index (Phi) is 8.22. The van der Waals surface area contributed by atoms with Crippen molar-refractivity contribution in [3.63, 3.8) is 0 Å². The first-order valence-corrected chi connectivity index (χ1v) is 14.4. The lowest BCUT2D eigenvalue weighted by Gasteiger charge is -2.38. The van der Waals surface area contributed by atoms with E-state index in [2.05, 4.69) is 47.3 Å². The minimum absolute atomic E-state index is 0.0165. The number of hydrogen-bond donors (Lipinski definition) is 1. The summed E-state index contributed by atoms with van der Waals surface area (Å²) in [4.78, 5) is 33.4. The lowest BCUT2D eigenvalue weighted by Crippen LogP contribution is -2.49. The van der Waals surface area contributed by atoms with Crippen molar-refractivity contribution in [1.29, 1.82) is 0 Å². The Bertz CT molecular complexity index is 1430.